The lowest BCUT2D eigenvalue weighted by Gasteiger charge is -2.27. The molecule has 0 saturated carbocycles. The van der Waals surface area contributed by atoms with Gasteiger partial charge in [0.05, 0.1) is 23.7 Å². The monoisotopic (exact) mass is 478 g/mol. The van der Waals surface area contributed by atoms with Gasteiger partial charge in [-0.2, -0.15) is 0 Å². The van der Waals surface area contributed by atoms with Gasteiger partial charge >= 0.3 is 0 Å². The maximum absolute atomic E-state index is 12.3. The highest BCUT2D eigenvalue weighted by Crippen LogP contribution is 2.26. The van der Waals surface area contributed by atoms with Crippen molar-refractivity contribution in [1.82, 2.24) is 30.3 Å². The SMILES string of the molecule is C[C@@H](OCNc1c(-c2ccc(NS(=O)(=O)C3CNC3)cn2)nnn1C)c1cccnc1Cl. The molecule has 1 aliphatic rings. The summed E-state index contributed by atoms with van der Waals surface area (Å²) in [4.78, 5) is 8.41. The van der Waals surface area contributed by atoms with E-state index in [9.17, 15) is 8.42 Å². The van der Waals surface area contributed by atoms with Crippen molar-refractivity contribution in [3.05, 3.63) is 47.4 Å². The molecule has 0 radical (unpaired) electrons. The fourth-order valence-electron chi connectivity index (χ4n) is 3.08. The smallest absolute Gasteiger partial charge is 0.238 e. The number of nitrogens with one attached hydrogen (secondary N) is 3. The van der Waals surface area contributed by atoms with Crippen LogP contribution in [0.5, 0.6) is 0 Å². The summed E-state index contributed by atoms with van der Waals surface area (Å²) < 4.78 is 34.5. The lowest BCUT2D eigenvalue weighted by Crippen LogP contribution is -2.53. The van der Waals surface area contributed by atoms with Gasteiger partial charge in [-0.15, -0.1) is 5.10 Å². The van der Waals surface area contributed by atoms with E-state index in [4.69, 9.17) is 16.3 Å². The first-order valence-electron chi connectivity index (χ1n) is 9.89. The Morgan fingerprint density at radius 3 is 2.78 bits per heavy atom. The van der Waals surface area contributed by atoms with Crippen molar-refractivity contribution in [2.45, 2.75) is 18.3 Å². The second-order valence-electron chi connectivity index (χ2n) is 7.28. The Labute approximate surface area is 190 Å². The van der Waals surface area contributed by atoms with Crippen LogP contribution in [0.15, 0.2) is 36.7 Å². The minimum atomic E-state index is -3.43. The van der Waals surface area contributed by atoms with E-state index in [-0.39, 0.29) is 12.8 Å². The molecule has 3 N–H and O–H groups in total. The van der Waals surface area contributed by atoms with Gasteiger partial charge < -0.3 is 15.4 Å². The highest BCUT2D eigenvalue weighted by molar-refractivity contribution is 7.93. The van der Waals surface area contributed by atoms with Gasteiger partial charge in [-0.25, -0.2) is 18.1 Å². The molecule has 0 aliphatic carbocycles. The average Bonchev–Trinajstić information content (AvgIpc) is 3.07. The highest BCUT2D eigenvalue weighted by Gasteiger charge is 2.31. The molecule has 13 heteroatoms. The van der Waals surface area contributed by atoms with E-state index in [2.05, 4.69) is 35.6 Å². The van der Waals surface area contributed by atoms with Gasteiger partial charge in [-0.1, -0.05) is 22.9 Å². The third-order valence-electron chi connectivity index (χ3n) is 5.07. The third-order valence-corrected chi connectivity index (χ3v) is 7.12. The fraction of sp³-hybridized carbons (Fsp3) is 0.368. The molecule has 0 bridgehead atoms. The number of sulfonamides is 1. The normalized spacial score (nSPS) is 15.2. The summed E-state index contributed by atoms with van der Waals surface area (Å²) in [6, 6.07) is 6.99. The molecule has 0 amide bonds. The van der Waals surface area contributed by atoms with Crippen LogP contribution in [0.2, 0.25) is 5.15 Å². The number of rotatable bonds is 9. The van der Waals surface area contributed by atoms with Gasteiger partial charge in [-0.3, -0.25) is 9.71 Å². The zero-order valence-corrected chi connectivity index (χ0v) is 19.1. The number of hydrogen-bond donors (Lipinski definition) is 3. The van der Waals surface area contributed by atoms with Gasteiger partial charge in [-0.05, 0) is 25.1 Å². The number of nitrogens with zero attached hydrogens (tertiary/aromatic N) is 5. The molecular weight excluding hydrogens is 456 g/mol. The van der Waals surface area contributed by atoms with Gasteiger partial charge in [0.15, 0.2) is 11.5 Å². The van der Waals surface area contributed by atoms with Gasteiger partial charge in [0.25, 0.3) is 0 Å². The lowest BCUT2D eigenvalue weighted by atomic mass is 10.2. The van der Waals surface area contributed by atoms with Crippen LogP contribution >= 0.6 is 11.6 Å². The highest BCUT2D eigenvalue weighted by atomic mass is 35.5. The number of aryl methyl sites for hydroxylation is 1. The second kappa shape index (κ2) is 9.36. The van der Waals surface area contributed by atoms with Crippen LogP contribution < -0.4 is 15.4 Å². The van der Waals surface area contributed by atoms with Gasteiger partial charge in [0.2, 0.25) is 10.0 Å². The molecular formula is C19H23ClN8O3S. The molecule has 170 valence electrons. The predicted molar refractivity (Wildman–Crippen MR) is 121 cm³/mol. The van der Waals surface area contributed by atoms with Crippen molar-refractivity contribution in [3.63, 3.8) is 0 Å². The van der Waals surface area contributed by atoms with Crippen LogP contribution in [-0.2, 0) is 21.8 Å². The average molecular weight is 479 g/mol. The van der Waals surface area contributed by atoms with Crippen molar-refractivity contribution >= 4 is 33.1 Å². The molecule has 1 atom stereocenters. The number of pyridine rings is 2. The van der Waals surface area contributed by atoms with Crippen LogP contribution in [0, 0.1) is 0 Å². The molecule has 1 fully saturated rings. The Bertz CT molecular complexity index is 1180. The van der Waals surface area contributed by atoms with E-state index in [1.165, 1.54) is 6.20 Å². The number of ether oxygens (including phenoxy) is 1. The minimum Gasteiger partial charge on any atom is -0.354 e. The molecule has 11 nitrogen and oxygen atoms in total. The maximum Gasteiger partial charge on any atom is 0.238 e. The number of anilines is 2. The van der Waals surface area contributed by atoms with Gasteiger partial charge in [0.1, 0.15) is 17.1 Å². The topological polar surface area (TPSA) is 136 Å². The molecule has 32 heavy (non-hydrogen) atoms. The summed E-state index contributed by atoms with van der Waals surface area (Å²) in [5.74, 6) is 0.607. The summed E-state index contributed by atoms with van der Waals surface area (Å²) in [5.41, 5.74) is 2.24. The van der Waals surface area contributed by atoms with Crippen molar-refractivity contribution in [2.24, 2.45) is 7.05 Å². The van der Waals surface area contributed by atoms with Crippen molar-refractivity contribution in [1.29, 1.82) is 0 Å². The first kappa shape index (κ1) is 22.4. The molecule has 4 heterocycles. The second-order valence-corrected chi connectivity index (χ2v) is 9.60. The van der Waals surface area contributed by atoms with E-state index in [1.54, 1.807) is 36.1 Å². The first-order chi connectivity index (χ1) is 15.3. The summed E-state index contributed by atoms with van der Waals surface area (Å²) in [6.45, 7) is 2.95. The minimum absolute atomic E-state index is 0.175. The van der Waals surface area contributed by atoms with E-state index < -0.39 is 15.3 Å². The number of halogens is 1. The molecule has 0 aromatic carbocycles. The third kappa shape index (κ3) is 4.83. The summed E-state index contributed by atoms with van der Waals surface area (Å²) >= 11 is 6.12. The Kier molecular flexibility index (Phi) is 6.55. The number of hydrogen-bond acceptors (Lipinski definition) is 9. The van der Waals surface area contributed by atoms with E-state index in [1.807, 2.05) is 13.0 Å². The zero-order chi connectivity index (χ0) is 22.7. The van der Waals surface area contributed by atoms with Crippen molar-refractivity contribution in [3.8, 4) is 11.4 Å². The van der Waals surface area contributed by atoms with Crippen molar-refractivity contribution < 1.29 is 13.2 Å². The summed E-state index contributed by atoms with van der Waals surface area (Å²) in [7, 11) is -1.69. The van der Waals surface area contributed by atoms with Crippen LogP contribution in [0.3, 0.4) is 0 Å². The van der Waals surface area contributed by atoms with Crippen LogP contribution in [-0.4, -0.2) is 58.4 Å². The standard InChI is InChI=1S/C19H23ClN8O3S/c1-12(15-4-3-7-22-18(15)20)31-11-24-19-17(25-27-28(19)2)16-6-5-13(8-23-16)26-32(29,30)14-9-21-10-14/h3-8,12,14,21,24,26H,9-11H2,1-2H3/t12-/m1/s1. The number of aromatic nitrogens is 5. The lowest BCUT2D eigenvalue weighted by molar-refractivity contribution is 0.0798. The largest absolute Gasteiger partial charge is 0.354 e. The molecule has 3 aromatic rings. The van der Waals surface area contributed by atoms with E-state index in [0.717, 1.165) is 5.56 Å². The summed E-state index contributed by atoms with van der Waals surface area (Å²) in [5, 5.41) is 14.3. The predicted octanol–water partition coefficient (Wildman–Crippen LogP) is 1.79. The maximum atomic E-state index is 12.3. The Balaban J connectivity index is 1.41. The quantitative estimate of drug-likeness (QED) is 0.310. The van der Waals surface area contributed by atoms with Crippen LogP contribution in [0.1, 0.15) is 18.6 Å². The van der Waals surface area contributed by atoms with Crippen molar-refractivity contribution in [2.75, 3.05) is 29.9 Å². The van der Waals surface area contributed by atoms with Crippen LogP contribution in [0.25, 0.3) is 11.4 Å². The Morgan fingerprint density at radius 2 is 2.12 bits per heavy atom. The van der Waals surface area contributed by atoms with E-state index in [0.29, 0.717) is 41.1 Å². The molecule has 3 aromatic heterocycles. The molecule has 1 saturated heterocycles. The molecule has 0 spiro atoms. The van der Waals surface area contributed by atoms with Crippen LogP contribution in [0.4, 0.5) is 11.5 Å². The van der Waals surface area contributed by atoms with E-state index >= 15 is 0 Å². The molecule has 1 aliphatic heterocycles. The fourth-order valence-corrected chi connectivity index (χ4v) is 4.64. The Hall–Kier alpha value is -2.80. The first-order valence-corrected chi connectivity index (χ1v) is 11.8. The van der Waals surface area contributed by atoms with Gasteiger partial charge in [0, 0.05) is 31.9 Å². The molecule has 4 rings (SSSR count). The summed E-state index contributed by atoms with van der Waals surface area (Å²) in [6.07, 6.45) is 2.81. The zero-order valence-electron chi connectivity index (χ0n) is 17.5. The Morgan fingerprint density at radius 1 is 1.31 bits per heavy atom. The molecule has 0 unspecified atom stereocenters.